The summed E-state index contributed by atoms with van der Waals surface area (Å²) in [6.07, 6.45) is 3.12. The number of hydrogen-bond acceptors (Lipinski definition) is 4. The molecule has 0 aliphatic carbocycles. The van der Waals surface area contributed by atoms with Crippen molar-refractivity contribution < 1.29 is 4.74 Å². The van der Waals surface area contributed by atoms with Gasteiger partial charge in [0, 0.05) is 19.6 Å². The van der Waals surface area contributed by atoms with Gasteiger partial charge in [-0.3, -0.25) is 0 Å². The van der Waals surface area contributed by atoms with Crippen LogP contribution in [-0.4, -0.2) is 37.3 Å². The zero-order chi connectivity index (χ0) is 12.5. The minimum atomic E-state index is 0.383. The monoisotopic (exact) mass is 267 g/mol. The Bertz CT molecular complexity index is 428. The van der Waals surface area contributed by atoms with Crippen LogP contribution in [0.2, 0.25) is 5.02 Å². The highest BCUT2D eigenvalue weighted by molar-refractivity contribution is 6.31. The summed E-state index contributed by atoms with van der Waals surface area (Å²) in [5.74, 6) is 1.02. The molecule has 98 valence electrons. The van der Waals surface area contributed by atoms with Gasteiger partial charge in [0.25, 0.3) is 0 Å². The van der Waals surface area contributed by atoms with E-state index in [0.29, 0.717) is 18.8 Å². The fourth-order valence-corrected chi connectivity index (χ4v) is 2.91. The molecule has 0 amide bonds. The van der Waals surface area contributed by atoms with Gasteiger partial charge in [0.1, 0.15) is 5.82 Å². The largest absolute Gasteiger partial charge is 0.371 e. The summed E-state index contributed by atoms with van der Waals surface area (Å²) >= 11 is 6.14. The van der Waals surface area contributed by atoms with Crippen molar-refractivity contribution in [1.82, 2.24) is 10.3 Å². The maximum Gasteiger partial charge on any atom is 0.129 e. The van der Waals surface area contributed by atoms with Crippen LogP contribution in [0.3, 0.4) is 0 Å². The van der Waals surface area contributed by atoms with Gasteiger partial charge in [-0.05, 0) is 32.0 Å². The first-order chi connectivity index (χ1) is 8.76. The Morgan fingerprint density at radius 3 is 2.78 bits per heavy atom. The van der Waals surface area contributed by atoms with Crippen molar-refractivity contribution >= 4 is 17.4 Å². The molecule has 2 saturated heterocycles. The second kappa shape index (κ2) is 5.03. The van der Waals surface area contributed by atoms with Gasteiger partial charge >= 0.3 is 0 Å². The number of nitrogens with one attached hydrogen (secondary N) is 1. The number of ether oxygens (including phenoxy) is 1. The van der Waals surface area contributed by atoms with Crippen LogP contribution in [0, 0.1) is 0 Å². The molecule has 0 radical (unpaired) electrons. The predicted octanol–water partition coefficient (Wildman–Crippen LogP) is 1.82. The van der Waals surface area contributed by atoms with E-state index >= 15 is 0 Å². The van der Waals surface area contributed by atoms with Crippen molar-refractivity contribution in [2.24, 2.45) is 0 Å². The summed E-state index contributed by atoms with van der Waals surface area (Å²) in [5.41, 5.74) is 0.913. The maximum atomic E-state index is 6.14. The zero-order valence-electron chi connectivity index (χ0n) is 10.5. The van der Waals surface area contributed by atoms with Crippen LogP contribution >= 0.6 is 11.6 Å². The molecule has 5 heteroatoms. The maximum absolute atomic E-state index is 6.14. The second-order valence-corrected chi connectivity index (χ2v) is 5.40. The molecular weight excluding hydrogens is 250 g/mol. The highest BCUT2D eigenvalue weighted by atomic mass is 35.5. The SMILES string of the molecule is CNCc1nc(N2CC3CCC(C2)O3)ccc1Cl. The van der Waals surface area contributed by atoms with Crippen molar-refractivity contribution in [2.75, 3.05) is 25.0 Å². The van der Waals surface area contributed by atoms with Gasteiger partial charge in [-0.15, -0.1) is 0 Å². The molecule has 4 nitrogen and oxygen atoms in total. The fourth-order valence-electron chi connectivity index (χ4n) is 2.74. The van der Waals surface area contributed by atoms with E-state index in [2.05, 4.69) is 15.2 Å². The van der Waals surface area contributed by atoms with Crippen molar-refractivity contribution in [3.05, 3.63) is 22.8 Å². The summed E-state index contributed by atoms with van der Waals surface area (Å²) in [6.45, 7) is 2.60. The van der Waals surface area contributed by atoms with Crippen molar-refractivity contribution in [3.63, 3.8) is 0 Å². The lowest BCUT2D eigenvalue weighted by molar-refractivity contribution is 0.0302. The van der Waals surface area contributed by atoms with Gasteiger partial charge in [-0.2, -0.15) is 0 Å². The third-order valence-electron chi connectivity index (χ3n) is 3.62. The van der Waals surface area contributed by atoms with E-state index in [0.717, 1.165) is 29.6 Å². The van der Waals surface area contributed by atoms with E-state index < -0.39 is 0 Å². The molecule has 18 heavy (non-hydrogen) atoms. The Morgan fingerprint density at radius 2 is 2.11 bits per heavy atom. The smallest absolute Gasteiger partial charge is 0.129 e. The molecule has 0 spiro atoms. The van der Waals surface area contributed by atoms with E-state index in [1.54, 1.807) is 0 Å². The van der Waals surface area contributed by atoms with Crippen LogP contribution in [0.15, 0.2) is 12.1 Å². The number of anilines is 1. The van der Waals surface area contributed by atoms with E-state index in [4.69, 9.17) is 16.3 Å². The van der Waals surface area contributed by atoms with Gasteiger partial charge in [0.15, 0.2) is 0 Å². The summed E-state index contributed by atoms with van der Waals surface area (Å²) in [7, 11) is 1.90. The Balaban J connectivity index is 1.81. The second-order valence-electron chi connectivity index (χ2n) is 4.99. The molecule has 3 rings (SSSR count). The number of halogens is 1. The Labute approximate surface area is 112 Å². The molecular formula is C13H18ClN3O. The van der Waals surface area contributed by atoms with Gasteiger partial charge in [-0.1, -0.05) is 11.6 Å². The first kappa shape index (κ1) is 12.2. The predicted molar refractivity (Wildman–Crippen MR) is 72.1 cm³/mol. The number of hydrogen-bond donors (Lipinski definition) is 1. The fraction of sp³-hybridized carbons (Fsp3) is 0.615. The third-order valence-corrected chi connectivity index (χ3v) is 3.96. The first-order valence-corrected chi connectivity index (χ1v) is 6.84. The van der Waals surface area contributed by atoms with Crippen molar-refractivity contribution in [1.29, 1.82) is 0 Å². The van der Waals surface area contributed by atoms with Crippen LogP contribution in [0.25, 0.3) is 0 Å². The number of fused-ring (bicyclic) bond motifs is 2. The lowest BCUT2D eigenvalue weighted by Gasteiger charge is -2.33. The Hall–Kier alpha value is -0.840. The summed E-state index contributed by atoms with van der Waals surface area (Å²) in [4.78, 5) is 6.98. The molecule has 2 fully saturated rings. The summed E-state index contributed by atoms with van der Waals surface area (Å²) in [6, 6.07) is 3.94. The number of aromatic nitrogens is 1. The third kappa shape index (κ3) is 2.32. The van der Waals surface area contributed by atoms with Crippen LogP contribution < -0.4 is 10.2 Å². The lowest BCUT2D eigenvalue weighted by Crippen LogP contribution is -2.43. The lowest BCUT2D eigenvalue weighted by atomic mass is 10.2. The molecule has 2 atom stereocenters. The quantitative estimate of drug-likeness (QED) is 0.907. The standard InChI is InChI=1S/C13H18ClN3O/c1-15-6-12-11(14)4-5-13(16-12)17-7-9-2-3-10(8-17)18-9/h4-5,9-10,15H,2-3,6-8H2,1H3. The molecule has 1 aromatic rings. The number of morpholine rings is 1. The molecule has 2 aliphatic heterocycles. The Kier molecular flexibility index (Phi) is 3.41. The minimum Gasteiger partial charge on any atom is -0.371 e. The summed E-state index contributed by atoms with van der Waals surface area (Å²) < 4.78 is 5.84. The van der Waals surface area contributed by atoms with E-state index in [-0.39, 0.29) is 0 Å². The number of nitrogens with zero attached hydrogens (tertiary/aromatic N) is 2. The van der Waals surface area contributed by atoms with Gasteiger partial charge < -0.3 is 15.0 Å². The average molecular weight is 268 g/mol. The number of rotatable bonds is 3. The van der Waals surface area contributed by atoms with Gasteiger partial charge in [-0.25, -0.2) is 4.98 Å². The molecule has 2 unspecified atom stereocenters. The highest BCUT2D eigenvalue weighted by Crippen LogP contribution is 2.29. The molecule has 2 aliphatic rings. The van der Waals surface area contributed by atoms with Crippen LogP contribution in [0.1, 0.15) is 18.5 Å². The van der Waals surface area contributed by atoms with Gasteiger partial charge in [0.2, 0.25) is 0 Å². The topological polar surface area (TPSA) is 37.4 Å². The minimum absolute atomic E-state index is 0.383. The van der Waals surface area contributed by atoms with Crippen LogP contribution in [-0.2, 0) is 11.3 Å². The molecule has 1 aromatic heterocycles. The normalized spacial score (nSPS) is 26.7. The van der Waals surface area contributed by atoms with Crippen LogP contribution in [0.5, 0.6) is 0 Å². The van der Waals surface area contributed by atoms with Crippen LogP contribution in [0.4, 0.5) is 5.82 Å². The van der Waals surface area contributed by atoms with Gasteiger partial charge in [0.05, 0.1) is 22.9 Å². The first-order valence-electron chi connectivity index (χ1n) is 6.46. The van der Waals surface area contributed by atoms with Crippen molar-refractivity contribution in [3.8, 4) is 0 Å². The van der Waals surface area contributed by atoms with E-state index in [1.807, 2.05) is 19.2 Å². The van der Waals surface area contributed by atoms with Crippen molar-refractivity contribution in [2.45, 2.75) is 31.6 Å². The number of pyridine rings is 1. The highest BCUT2D eigenvalue weighted by Gasteiger charge is 2.34. The average Bonchev–Trinajstić information content (AvgIpc) is 2.71. The molecule has 3 heterocycles. The molecule has 0 saturated carbocycles. The summed E-state index contributed by atoms with van der Waals surface area (Å²) in [5, 5.41) is 3.82. The molecule has 0 aromatic carbocycles. The molecule has 1 N–H and O–H groups in total. The van der Waals surface area contributed by atoms with E-state index in [9.17, 15) is 0 Å². The van der Waals surface area contributed by atoms with E-state index in [1.165, 1.54) is 12.8 Å². The Morgan fingerprint density at radius 1 is 1.39 bits per heavy atom. The zero-order valence-corrected chi connectivity index (χ0v) is 11.3. The molecule has 2 bridgehead atoms.